The van der Waals surface area contributed by atoms with Gasteiger partial charge in [0.05, 0.1) is 0 Å². The van der Waals surface area contributed by atoms with Gasteiger partial charge in [-0.25, -0.2) is 6.08 Å². The number of aryl methyl sites for hydroxylation is 2. The predicted octanol–water partition coefficient (Wildman–Crippen LogP) is 6.06. The van der Waals surface area contributed by atoms with Crippen LogP contribution >= 0.6 is 0 Å². The number of halogens is 2. The van der Waals surface area contributed by atoms with Crippen molar-refractivity contribution in [3.05, 3.63) is 112 Å². The van der Waals surface area contributed by atoms with Crippen molar-refractivity contribution in [1.29, 1.82) is 0 Å². The van der Waals surface area contributed by atoms with E-state index in [1.807, 2.05) is 0 Å². The van der Waals surface area contributed by atoms with Crippen LogP contribution < -0.4 is 24.8 Å². The van der Waals surface area contributed by atoms with Gasteiger partial charge in [0.15, 0.2) is 0 Å². The standard InChI is InChI=1S/C23H29.C10H15.C9H10.2ClH.Zr/c1-14-9-16-11-17-10-15(2)21(23(6,7)8)13-19(17)18(16)12-20(14)22(3,4)5;1-8-5-6-9(7-8)10(2,3)4;1-2-6-9-7-4-3-5-8-9;;;/h9-13H,1-8H3;6-8H,1-4H3;3-5,7-8H,2H2,1H3;2*1H;/q2*-1;;;;+2/p-2. The van der Waals surface area contributed by atoms with Crippen molar-refractivity contribution in [3.63, 3.8) is 0 Å². The van der Waals surface area contributed by atoms with Gasteiger partial charge in [-0.2, -0.15) is 11.6 Å². The number of allylic oxidation sites excluding steroid dienone is 4. The zero-order valence-electron chi connectivity index (χ0n) is 30.0. The number of benzene rings is 3. The summed E-state index contributed by atoms with van der Waals surface area (Å²) in [5, 5.41) is 5.55. The third kappa shape index (κ3) is 10.9. The second-order valence-corrected chi connectivity index (χ2v) is 16.8. The van der Waals surface area contributed by atoms with Crippen LogP contribution in [-0.4, -0.2) is 3.21 Å². The second kappa shape index (κ2) is 16.4. The van der Waals surface area contributed by atoms with Crippen LogP contribution in [0.4, 0.5) is 0 Å². The largest absolute Gasteiger partial charge is 1.00 e. The topological polar surface area (TPSA) is 0 Å². The Bertz CT molecular complexity index is 1550. The molecule has 3 heteroatoms. The molecule has 0 aromatic heterocycles. The van der Waals surface area contributed by atoms with E-state index in [-0.39, 0.29) is 35.6 Å². The van der Waals surface area contributed by atoms with Crippen LogP contribution in [-0.2, 0) is 35.1 Å². The van der Waals surface area contributed by atoms with Crippen molar-refractivity contribution in [3.8, 4) is 0 Å². The zero-order chi connectivity index (χ0) is 32.3. The molecule has 242 valence electrons. The first-order valence-electron chi connectivity index (χ1n) is 15.9. The minimum absolute atomic E-state index is 0. The molecule has 0 bridgehead atoms. The molecule has 0 amide bonds. The molecular formula is C42H54Cl2Zr-2. The van der Waals surface area contributed by atoms with Gasteiger partial charge < -0.3 is 24.8 Å². The van der Waals surface area contributed by atoms with Crippen molar-refractivity contribution in [2.75, 3.05) is 0 Å². The molecule has 0 aliphatic heterocycles. The summed E-state index contributed by atoms with van der Waals surface area (Å²) in [4.78, 5) is 0. The maximum atomic E-state index is 3.26. The smallest absolute Gasteiger partial charge is 0.0142 e. The molecule has 0 heterocycles. The number of fused-ring (bicyclic) bond motifs is 3. The molecule has 0 saturated carbocycles. The molecule has 4 aromatic rings. The molecule has 1 aliphatic rings. The van der Waals surface area contributed by atoms with E-state index in [2.05, 4.69) is 169 Å². The van der Waals surface area contributed by atoms with Crippen molar-refractivity contribution in [2.45, 2.75) is 107 Å². The molecule has 1 unspecified atom stereocenters. The van der Waals surface area contributed by atoms with Gasteiger partial charge in [0.25, 0.3) is 0 Å². The maximum absolute atomic E-state index is 3.26. The fourth-order valence-electron chi connectivity index (χ4n) is 5.85. The third-order valence-electron chi connectivity index (χ3n) is 8.28. The van der Waals surface area contributed by atoms with Crippen LogP contribution in [0.2, 0.25) is 0 Å². The van der Waals surface area contributed by atoms with Gasteiger partial charge in [0, 0.05) is 0 Å². The van der Waals surface area contributed by atoms with Gasteiger partial charge in [-0.1, -0.05) is 115 Å². The molecule has 0 N–H and O–H groups in total. The average Bonchev–Trinajstić information content (AvgIpc) is 3.50. The first kappa shape index (κ1) is 41.4. The van der Waals surface area contributed by atoms with Gasteiger partial charge in [-0.3, -0.25) is 6.08 Å². The Labute approximate surface area is 302 Å². The fourth-order valence-corrected chi connectivity index (χ4v) is 6.26. The Kier molecular flexibility index (Phi) is 15.1. The maximum Gasteiger partial charge on any atom is -0.0142 e. The molecule has 0 fully saturated rings. The number of rotatable bonds is 2. The summed E-state index contributed by atoms with van der Waals surface area (Å²) in [6.45, 7) is 29.4. The second-order valence-electron chi connectivity index (χ2n) is 15.3. The first-order chi connectivity index (χ1) is 19.8. The van der Waals surface area contributed by atoms with Gasteiger partial charge in [0.2, 0.25) is 0 Å². The molecule has 1 aliphatic carbocycles. The summed E-state index contributed by atoms with van der Waals surface area (Å²) in [5.41, 5.74) is 9.19. The summed E-state index contributed by atoms with van der Waals surface area (Å²) in [6.07, 6.45) is 8.83. The summed E-state index contributed by atoms with van der Waals surface area (Å²) in [5.74, 6) is 0.522. The van der Waals surface area contributed by atoms with E-state index in [4.69, 9.17) is 0 Å². The molecule has 0 spiro atoms. The Morgan fingerprint density at radius 3 is 1.49 bits per heavy atom. The van der Waals surface area contributed by atoms with Crippen LogP contribution in [0.3, 0.4) is 0 Å². The van der Waals surface area contributed by atoms with E-state index in [0.29, 0.717) is 11.3 Å². The quantitative estimate of drug-likeness (QED) is 0.221. The molecular weight excluding hydrogens is 667 g/mol. The molecule has 0 radical (unpaired) electrons. The van der Waals surface area contributed by atoms with Crippen molar-refractivity contribution in [1.82, 2.24) is 0 Å². The van der Waals surface area contributed by atoms with Crippen LogP contribution in [0.5, 0.6) is 0 Å². The summed E-state index contributed by atoms with van der Waals surface area (Å²) in [6, 6.07) is 22.5. The van der Waals surface area contributed by atoms with Crippen LogP contribution in [0.25, 0.3) is 21.5 Å². The SMILES string of the molecule is CC1[C-]=CC(C(C)(C)C)=C1.CC[C](=[Zr+2])c1ccccc1.Cc1cc2[cH-]c3cc(C)c(C(C)(C)C)cc3c2cc1C(C)(C)C.[Cl-].[Cl-]. The van der Waals surface area contributed by atoms with Gasteiger partial charge in [-0.15, -0.1) is 39.7 Å². The molecule has 45 heavy (non-hydrogen) atoms. The van der Waals surface area contributed by atoms with Crippen LogP contribution in [0.15, 0.2) is 78.4 Å². The van der Waals surface area contributed by atoms with E-state index in [0.717, 1.165) is 0 Å². The Morgan fingerprint density at radius 1 is 0.733 bits per heavy atom. The average molecular weight is 721 g/mol. The van der Waals surface area contributed by atoms with Crippen LogP contribution in [0.1, 0.15) is 110 Å². The van der Waals surface area contributed by atoms with E-state index in [1.54, 1.807) is 3.21 Å². The number of hydrogen-bond acceptors (Lipinski definition) is 0. The molecule has 5 rings (SSSR count). The van der Waals surface area contributed by atoms with Crippen molar-refractivity contribution in [2.24, 2.45) is 11.3 Å². The summed E-state index contributed by atoms with van der Waals surface area (Å²) in [7, 11) is 0. The summed E-state index contributed by atoms with van der Waals surface area (Å²) >= 11 is 1.54. The van der Waals surface area contributed by atoms with Gasteiger partial charge in [0.1, 0.15) is 0 Å². The van der Waals surface area contributed by atoms with E-state index < -0.39 is 0 Å². The molecule has 4 aromatic carbocycles. The first-order valence-corrected chi connectivity index (χ1v) is 17.2. The Morgan fingerprint density at radius 2 is 1.18 bits per heavy atom. The van der Waals surface area contributed by atoms with Gasteiger partial charge in [-0.05, 0) is 24.7 Å². The zero-order valence-corrected chi connectivity index (χ0v) is 33.9. The molecule has 0 nitrogen and oxygen atoms in total. The van der Waals surface area contributed by atoms with E-state index in [9.17, 15) is 0 Å². The van der Waals surface area contributed by atoms with Crippen molar-refractivity contribution < 1.29 is 49.0 Å². The third-order valence-corrected chi connectivity index (χ3v) is 9.86. The summed E-state index contributed by atoms with van der Waals surface area (Å²) < 4.78 is 1.55. The Hall–Kier alpha value is -1.66. The van der Waals surface area contributed by atoms with E-state index in [1.165, 1.54) is 85.6 Å². The minimum atomic E-state index is 0. The fraction of sp³-hybridized carbons (Fsp3) is 0.429. The molecule has 0 saturated heterocycles. The monoisotopic (exact) mass is 718 g/mol. The van der Waals surface area contributed by atoms with Gasteiger partial charge >= 0.3 is 76.7 Å². The Balaban J connectivity index is 0.000000384. The predicted molar refractivity (Wildman–Crippen MR) is 189 cm³/mol. The van der Waals surface area contributed by atoms with Crippen LogP contribution in [0, 0.1) is 31.3 Å². The van der Waals surface area contributed by atoms with E-state index >= 15 is 0 Å². The number of hydrogen-bond donors (Lipinski definition) is 0. The minimum Gasteiger partial charge on any atom is -1.00 e. The molecule has 1 atom stereocenters. The van der Waals surface area contributed by atoms with Crippen molar-refractivity contribution >= 4 is 24.8 Å². The normalized spacial score (nSPS) is 14.5.